The quantitative estimate of drug-likeness (QED) is 0.274. The van der Waals surface area contributed by atoms with Crippen LogP contribution in [-0.2, 0) is 6.54 Å². The average molecular weight is 518 g/mol. The van der Waals surface area contributed by atoms with Crippen molar-refractivity contribution in [2.75, 3.05) is 11.1 Å². The number of nitrogens with zero attached hydrogens (tertiary/aromatic N) is 4. The molecule has 1 atom stereocenters. The maximum atomic E-state index is 13.6. The van der Waals surface area contributed by atoms with E-state index in [4.69, 9.17) is 5.73 Å². The number of nitrogens with two attached hydrogens (primary N) is 1. The molecule has 0 aliphatic rings. The van der Waals surface area contributed by atoms with Crippen molar-refractivity contribution >= 4 is 39.8 Å². The lowest BCUT2D eigenvalue weighted by atomic mass is 10.1. The van der Waals surface area contributed by atoms with E-state index in [1.165, 1.54) is 24.8 Å². The maximum absolute atomic E-state index is 13.6. The van der Waals surface area contributed by atoms with Crippen molar-refractivity contribution in [1.29, 1.82) is 0 Å². The Morgan fingerprint density at radius 1 is 1.00 bits per heavy atom. The molecule has 0 radical (unpaired) electrons. The smallest absolute Gasteiger partial charge is 0.274 e. The van der Waals surface area contributed by atoms with E-state index in [9.17, 15) is 13.6 Å². The minimum Gasteiger partial charge on any atom is -0.383 e. The van der Waals surface area contributed by atoms with Gasteiger partial charge < -0.3 is 16.4 Å². The Morgan fingerprint density at radius 2 is 1.84 bits per heavy atom. The Labute approximate surface area is 214 Å². The van der Waals surface area contributed by atoms with E-state index in [0.29, 0.717) is 23.7 Å². The first kappa shape index (κ1) is 24.2. The highest BCUT2D eigenvalue weighted by Gasteiger charge is 2.18. The van der Waals surface area contributed by atoms with Gasteiger partial charge in [0.25, 0.3) is 5.91 Å². The third-order valence-corrected chi connectivity index (χ3v) is 6.88. The molecule has 4 N–H and O–H groups in total. The molecule has 186 valence electrons. The Kier molecular flexibility index (Phi) is 6.69. The van der Waals surface area contributed by atoms with Crippen molar-refractivity contribution < 1.29 is 13.6 Å². The summed E-state index contributed by atoms with van der Waals surface area (Å²) in [5.74, 6) is -1.68. The number of aromatic nitrogens is 4. The number of carbonyl (C=O) groups excluding carboxylic acids is 1. The second kappa shape index (κ2) is 10.2. The normalized spacial score (nSPS) is 11.9. The topological polar surface area (TPSA) is 119 Å². The van der Waals surface area contributed by atoms with Crippen LogP contribution in [0.25, 0.3) is 21.3 Å². The molecule has 0 aliphatic heterocycles. The van der Waals surface area contributed by atoms with E-state index in [2.05, 4.69) is 30.6 Å². The summed E-state index contributed by atoms with van der Waals surface area (Å²) >= 11 is 1.59. The SMILES string of the molecule is C[C@H](NC(=O)c1nccnc1NCc1ccc(-c2ccc3ncnc(N)c3c2)s1)c1ccc(F)c(F)c1. The first-order valence-electron chi connectivity index (χ1n) is 11.3. The summed E-state index contributed by atoms with van der Waals surface area (Å²) in [4.78, 5) is 31.7. The van der Waals surface area contributed by atoms with Crippen LogP contribution in [0.2, 0.25) is 0 Å². The van der Waals surface area contributed by atoms with E-state index in [1.807, 2.05) is 30.3 Å². The van der Waals surface area contributed by atoms with Gasteiger partial charge in [0.1, 0.15) is 12.1 Å². The number of thiophene rings is 1. The van der Waals surface area contributed by atoms with Crippen LogP contribution in [0.5, 0.6) is 0 Å². The predicted octanol–water partition coefficient (Wildman–Crippen LogP) is 5.11. The highest BCUT2D eigenvalue weighted by molar-refractivity contribution is 7.15. The van der Waals surface area contributed by atoms with E-state index in [0.717, 1.165) is 38.4 Å². The average Bonchev–Trinajstić information content (AvgIpc) is 3.38. The van der Waals surface area contributed by atoms with Crippen LogP contribution in [0.4, 0.5) is 20.4 Å². The number of halogens is 2. The number of amides is 1. The molecule has 5 rings (SSSR count). The number of fused-ring (bicyclic) bond motifs is 1. The van der Waals surface area contributed by atoms with Crippen molar-refractivity contribution in [2.24, 2.45) is 0 Å². The van der Waals surface area contributed by atoms with Crippen LogP contribution >= 0.6 is 11.3 Å². The molecule has 37 heavy (non-hydrogen) atoms. The lowest BCUT2D eigenvalue weighted by molar-refractivity contribution is 0.0935. The first-order valence-corrected chi connectivity index (χ1v) is 12.1. The zero-order valence-corrected chi connectivity index (χ0v) is 20.4. The highest BCUT2D eigenvalue weighted by atomic mass is 32.1. The third-order valence-electron chi connectivity index (χ3n) is 5.75. The molecule has 0 fully saturated rings. The molecule has 11 heteroatoms. The Morgan fingerprint density at radius 3 is 2.68 bits per heavy atom. The number of anilines is 2. The van der Waals surface area contributed by atoms with Crippen LogP contribution in [0, 0.1) is 11.6 Å². The third kappa shape index (κ3) is 5.21. The number of hydrogen-bond acceptors (Lipinski definition) is 8. The molecule has 0 unspecified atom stereocenters. The van der Waals surface area contributed by atoms with Crippen molar-refractivity contribution in [2.45, 2.75) is 19.5 Å². The van der Waals surface area contributed by atoms with E-state index < -0.39 is 23.6 Å². The summed E-state index contributed by atoms with van der Waals surface area (Å²) in [7, 11) is 0. The summed E-state index contributed by atoms with van der Waals surface area (Å²) < 4.78 is 26.8. The second-order valence-electron chi connectivity index (χ2n) is 8.23. The number of nitrogens with one attached hydrogen (secondary N) is 2. The fraction of sp³-hybridized carbons (Fsp3) is 0.115. The van der Waals surface area contributed by atoms with Gasteiger partial charge in [-0.2, -0.15) is 0 Å². The molecule has 3 aromatic heterocycles. The highest BCUT2D eigenvalue weighted by Crippen LogP contribution is 2.31. The maximum Gasteiger partial charge on any atom is 0.274 e. The number of hydrogen-bond donors (Lipinski definition) is 3. The fourth-order valence-corrected chi connectivity index (χ4v) is 4.74. The van der Waals surface area contributed by atoms with Gasteiger partial charge in [-0.1, -0.05) is 12.1 Å². The van der Waals surface area contributed by atoms with Gasteiger partial charge in [0.15, 0.2) is 23.1 Å². The van der Waals surface area contributed by atoms with Crippen LogP contribution in [-0.4, -0.2) is 25.8 Å². The van der Waals surface area contributed by atoms with Crippen LogP contribution < -0.4 is 16.4 Å². The van der Waals surface area contributed by atoms with E-state index in [-0.39, 0.29) is 5.69 Å². The number of carbonyl (C=O) groups is 1. The first-order chi connectivity index (χ1) is 17.9. The summed E-state index contributed by atoms with van der Waals surface area (Å²) in [5.41, 5.74) is 8.30. The van der Waals surface area contributed by atoms with Gasteiger partial charge in [0.2, 0.25) is 0 Å². The van der Waals surface area contributed by atoms with Gasteiger partial charge in [0, 0.05) is 27.5 Å². The summed E-state index contributed by atoms with van der Waals surface area (Å²) in [6.45, 7) is 2.09. The zero-order chi connectivity index (χ0) is 25.9. The van der Waals surface area contributed by atoms with Crippen LogP contribution in [0.1, 0.15) is 33.9 Å². The number of rotatable bonds is 7. The Balaban J connectivity index is 1.28. The molecule has 5 aromatic rings. The van der Waals surface area contributed by atoms with Crippen molar-refractivity contribution in [3.63, 3.8) is 0 Å². The fourth-order valence-electron chi connectivity index (χ4n) is 3.79. The van der Waals surface area contributed by atoms with Crippen molar-refractivity contribution in [3.8, 4) is 10.4 Å². The zero-order valence-electron chi connectivity index (χ0n) is 19.6. The minimum atomic E-state index is -0.976. The standard InChI is InChI=1S/C26H21F2N7OS/c1-14(15-2-5-19(27)20(28)11-15)35-26(36)23-25(31-9-8-30-23)32-12-17-4-7-22(37-17)16-3-6-21-18(10-16)24(29)34-13-33-21/h2-11,13-14H,12H2,1H3,(H,31,32)(H,35,36)(H2,29,33,34)/t14-/m0/s1. The molecule has 0 saturated carbocycles. The number of nitrogen functional groups attached to an aromatic ring is 1. The summed E-state index contributed by atoms with van der Waals surface area (Å²) in [6, 6.07) is 12.8. The van der Waals surface area contributed by atoms with Gasteiger partial charge >= 0.3 is 0 Å². The van der Waals surface area contributed by atoms with Crippen molar-refractivity contribution in [1.82, 2.24) is 25.3 Å². The lowest BCUT2D eigenvalue weighted by Crippen LogP contribution is -2.28. The van der Waals surface area contributed by atoms with Gasteiger partial charge in [-0.25, -0.2) is 28.7 Å². The van der Waals surface area contributed by atoms with Gasteiger partial charge in [-0.15, -0.1) is 11.3 Å². The van der Waals surface area contributed by atoms with Crippen molar-refractivity contribution in [3.05, 3.63) is 95.0 Å². The molecule has 0 bridgehead atoms. The molecule has 0 saturated heterocycles. The monoisotopic (exact) mass is 517 g/mol. The molecule has 2 aromatic carbocycles. The van der Waals surface area contributed by atoms with Gasteiger partial charge in [-0.3, -0.25) is 4.79 Å². The number of benzene rings is 2. The molecule has 8 nitrogen and oxygen atoms in total. The molecule has 0 spiro atoms. The second-order valence-corrected chi connectivity index (χ2v) is 9.40. The molecular weight excluding hydrogens is 496 g/mol. The minimum absolute atomic E-state index is 0.0960. The van der Waals surface area contributed by atoms with Crippen LogP contribution in [0.15, 0.2) is 67.3 Å². The molecule has 3 heterocycles. The predicted molar refractivity (Wildman–Crippen MR) is 139 cm³/mol. The van der Waals surface area contributed by atoms with Gasteiger partial charge in [0.05, 0.1) is 18.1 Å². The largest absolute Gasteiger partial charge is 0.383 e. The molecular formula is C26H21F2N7OS. The van der Waals surface area contributed by atoms with Crippen LogP contribution in [0.3, 0.4) is 0 Å². The molecule has 1 amide bonds. The van der Waals surface area contributed by atoms with Gasteiger partial charge in [-0.05, 0) is 54.4 Å². The lowest BCUT2D eigenvalue weighted by Gasteiger charge is -2.15. The summed E-state index contributed by atoms with van der Waals surface area (Å²) in [5, 5.41) is 6.72. The van der Waals surface area contributed by atoms with E-state index in [1.54, 1.807) is 18.3 Å². The summed E-state index contributed by atoms with van der Waals surface area (Å²) in [6.07, 6.45) is 4.34. The Hall–Kier alpha value is -4.51. The molecule has 0 aliphatic carbocycles. The Bertz CT molecular complexity index is 1610. The van der Waals surface area contributed by atoms with E-state index >= 15 is 0 Å².